The third kappa shape index (κ3) is 3.27. The number of rotatable bonds is 3. The smallest absolute Gasteiger partial charge is 0.173 e. The molecule has 0 aliphatic carbocycles. The SMILES string of the molecule is Cc1ccnc(Sc2ccc(Br)cc2)c1/C(N)=N/O. The first kappa shape index (κ1) is 13.9. The van der Waals surface area contributed by atoms with Crippen molar-refractivity contribution in [1.29, 1.82) is 0 Å². The number of nitrogens with two attached hydrogens (primary N) is 1. The zero-order chi connectivity index (χ0) is 13.8. The van der Waals surface area contributed by atoms with Crippen LogP contribution in [0.5, 0.6) is 0 Å². The van der Waals surface area contributed by atoms with Crippen LogP contribution in [-0.2, 0) is 0 Å². The molecular weight excluding hydrogens is 326 g/mol. The van der Waals surface area contributed by atoms with Gasteiger partial charge in [-0.3, -0.25) is 0 Å². The summed E-state index contributed by atoms with van der Waals surface area (Å²) in [6.07, 6.45) is 1.71. The molecule has 6 heteroatoms. The van der Waals surface area contributed by atoms with Crippen molar-refractivity contribution < 1.29 is 5.21 Å². The van der Waals surface area contributed by atoms with Gasteiger partial charge in [-0.15, -0.1) is 0 Å². The Morgan fingerprint density at radius 1 is 1.32 bits per heavy atom. The molecule has 2 aromatic rings. The maximum absolute atomic E-state index is 8.86. The Morgan fingerprint density at radius 3 is 2.63 bits per heavy atom. The highest BCUT2D eigenvalue weighted by Gasteiger charge is 2.12. The third-order valence-electron chi connectivity index (χ3n) is 2.52. The van der Waals surface area contributed by atoms with E-state index >= 15 is 0 Å². The highest BCUT2D eigenvalue weighted by molar-refractivity contribution is 9.10. The summed E-state index contributed by atoms with van der Waals surface area (Å²) in [5, 5.41) is 12.6. The van der Waals surface area contributed by atoms with Gasteiger partial charge in [0.05, 0.1) is 5.56 Å². The summed E-state index contributed by atoms with van der Waals surface area (Å²) < 4.78 is 1.02. The Kier molecular flexibility index (Phi) is 4.44. The molecular formula is C13H12BrN3OS. The molecule has 98 valence electrons. The number of oxime groups is 1. The number of nitrogens with zero attached hydrogens (tertiary/aromatic N) is 2. The fourth-order valence-electron chi connectivity index (χ4n) is 1.59. The van der Waals surface area contributed by atoms with E-state index in [1.54, 1.807) is 6.20 Å². The Morgan fingerprint density at radius 2 is 2.00 bits per heavy atom. The van der Waals surface area contributed by atoms with Gasteiger partial charge in [-0.05, 0) is 42.8 Å². The maximum Gasteiger partial charge on any atom is 0.173 e. The molecule has 0 saturated carbocycles. The van der Waals surface area contributed by atoms with Crippen molar-refractivity contribution >= 4 is 33.5 Å². The molecule has 1 aromatic carbocycles. The minimum Gasteiger partial charge on any atom is -0.409 e. The van der Waals surface area contributed by atoms with Gasteiger partial charge in [0.1, 0.15) is 5.03 Å². The summed E-state index contributed by atoms with van der Waals surface area (Å²) in [4.78, 5) is 5.34. The topological polar surface area (TPSA) is 71.5 Å². The Hall–Kier alpha value is -1.53. The number of halogens is 1. The van der Waals surface area contributed by atoms with Crippen LogP contribution in [0.25, 0.3) is 0 Å². The van der Waals surface area contributed by atoms with E-state index in [-0.39, 0.29) is 5.84 Å². The number of amidine groups is 1. The molecule has 2 rings (SSSR count). The number of aromatic nitrogens is 1. The van der Waals surface area contributed by atoms with Crippen LogP contribution in [0.1, 0.15) is 11.1 Å². The Labute approximate surface area is 123 Å². The molecule has 4 nitrogen and oxygen atoms in total. The van der Waals surface area contributed by atoms with Gasteiger partial charge in [0.2, 0.25) is 0 Å². The second-order valence-electron chi connectivity index (χ2n) is 3.85. The van der Waals surface area contributed by atoms with Crippen LogP contribution < -0.4 is 5.73 Å². The second kappa shape index (κ2) is 6.08. The van der Waals surface area contributed by atoms with Crippen molar-refractivity contribution in [1.82, 2.24) is 4.98 Å². The van der Waals surface area contributed by atoms with E-state index in [9.17, 15) is 0 Å². The second-order valence-corrected chi connectivity index (χ2v) is 5.83. The fraction of sp³-hybridized carbons (Fsp3) is 0.0769. The predicted octanol–water partition coefficient (Wildman–Crippen LogP) is 3.40. The van der Waals surface area contributed by atoms with Crippen LogP contribution in [0.15, 0.2) is 56.1 Å². The first-order valence-corrected chi connectivity index (χ1v) is 7.09. The lowest BCUT2D eigenvalue weighted by molar-refractivity contribution is 0.318. The van der Waals surface area contributed by atoms with Crippen molar-refractivity contribution in [2.45, 2.75) is 16.8 Å². The van der Waals surface area contributed by atoms with Crippen LogP contribution in [0.3, 0.4) is 0 Å². The van der Waals surface area contributed by atoms with E-state index in [4.69, 9.17) is 10.9 Å². The number of aryl methyl sites for hydroxylation is 1. The monoisotopic (exact) mass is 337 g/mol. The number of pyridine rings is 1. The number of benzene rings is 1. The van der Waals surface area contributed by atoms with Gasteiger partial charge in [0.15, 0.2) is 5.84 Å². The van der Waals surface area contributed by atoms with Crippen molar-refractivity contribution in [3.05, 3.63) is 52.1 Å². The summed E-state index contributed by atoms with van der Waals surface area (Å²) in [6, 6.07) is 9.71. The van der Waals surface area contributed by atoms with Crippen molar-refractivity contribution in [3.63, 3.8) is 0 Å². The van der Waals surface area contributed by atoms with Crippen molar-refractivity contribution in [2.75, 3.05) is 0 Å². The van der Waals surface area contributed by atoms with Crippen molar-refractivity contribution in [3.8, 4) is 0 Å². The Bertz CT molecular complexity index is 614. The highest BCUT2D eigenvalue weighted by atomic mass is 79.9. The normalized spacial score (nSPS) is 11.6. The highest BCUT2D eigenvalue weighted by Crippen LogP contribution is 2.30. The average molecular weight is 338 g/mol. The molecule has 0 spiro atoms. The minimum absolute atomic E-state index is 0.0743. The van der Waals surface area contributed by atoms with Crippen molar-refractivity contribution in [2.24, 2.45) is 10.9 Å². The lowest BCUT2D eigenvalue weighted by Gasteiger charge is -2.09. The quantitative estimate of drug-likeness (QED) is 0.389. The molecule has 0 aliphatic rings. The third-order valence-corrected chi connectivity index (χ3v) is 4.06. The van der Waals surface area contributed by atoms with E-state index in [2.05, 4.69) is 26.1 Å². The van der Waals surface area contributed by atoms with Crippen LogP contribution in [0, 0.1) is 6.92 Å². The van der Waals surface area contributed by atoms with E-state index < -0.39 is 0 Å². The molecule has 19 heavy (non-hydrogen) atoms. The number of hydrogen-bond donors (Lipinski definition) is 2. The fourth-order valence-corrected chi connectivity index (χ4v) is 2.83. The summed E-state index contributed by atoms with van der Waals surface area (Å²) in [5.74, 6) is 0.0743. The van der Waals surface area contributed by atoms with Gasteiger partial charge in [-0.2, -0.15) is 0 Å². The summed E-state index contributed by atoms with van der Waals surface area (Å²) in [5.41, 5.74) is 7.30. The molecule has 0 fully saturated rings. The van der Waals surface area contributed by atoms with Gasteiger partial charge >= 0.3 is 0 Å². The molecule has 0 bridgehead atoms. The van der Waals surface area contributed by atoms with E-state index in [0.29, 0.717) is 5.56 Å². The van der Waals surface area contributed by atoms with Gasteiger partial charge < -0.3 is 10.9 Å². The first-order valence-electron chi connectivity index (χ1n) is 5.48. The average Bonchev–Trinajstić information content (AvgIpc) is 2.41. The van der Waals surface area contributed by atoms with Crippen LogP contribution in [0.2, 0.25) is 0 Å². The molecule has 1 aromatic heterocycles. The molecule has 1 heterocycles. The maximum atomic E-state index is 8.86. The Balaban J connectivity index is 2.40. The number of hydrogen-bond acceptors (Lipinski definition) is 4. The largest absolute Gasteiger partial charge is 0.409 e. The minimum atomic E-state index is 0.0743. The molecule has 0 unspecified atom stereocenters. The van der Waals surface area contributed by atoms with E-state index in [1.807, 2.05) is 37.3 Å². The summed E-state index contributed by atoms with van der Waals surface area (Å²) in [7, 11) is 0. The lowest BCUT2D eigenvalue weighted by Crippen LogP contribution is -2.16. The van der Waals surface area contributed by atoms with Gasteiger partial charge in [0.25, 0.3) is 0 Å². The molecule has 0 saturated heterocycles. The standard InChI is InChI=1S/C13H12BrN3OS/c1-8-6-7-16-13(11(8)12(15)17-18)19-10-4-2-9(14)3-5-10/h2-7,18H,1H3,(H2,15,17). The van der Waals surface area contributed by atoms with E-state index in [0.717, 1.165) is 20.0 Å². The van der Waals surface area contributed by atoms with Crippen LogP contribution in [-0.4, -0.2) is 16.0 Å². The van der Waals surface area contributed by atoms with Crippen LogP contribution >= 0.6 is 27.7 Å². The zero-order valence-corrected chi connectivity index (χ0v) is 12.6. The summed E-state index contributed by atoms with van der Waals surface area (Å²) >= 11 is 4.87. The summed E-state index contributed by atoms with van der Waals surface area (Å²) in [6.45, 7) is 1.90. The predicted molar refractivity (Wildman–Crippen MR) is 79.7 cm³/mol. The molecule has 0 atom stereocenters. The van der Waals surface area contributed by atoms with Gasteiger partial charge in [0, 0.05) is 15.6 Å². The lowest BCUT2D eigenvalue weighted by atomic mass is 10.1. The molecule has 3 N–H and O–H groups in total. The molecule has 0 radical (unpaired) electrons. The van der Waals surface area contributed by atoms with Crippen LogP contribution in [0.4, 0.5) is 0 Å². The van der Waals surface area contributed by atoms with E-state index in [1.165, 1.54) is 11.8 Å². The zero-order valence-electron chi connectivity index (χ0n) is 10.2. The molecule has 0 amide bonds. The molecule has 0 aliphatic heterocycles. The first-order chi connectivity index (χ1) is 9.11. The van der Waals surface area contributed by atoms with Gasteiger partial charge in [-0.25, -0.2) is 4.98 Å². The van der Waals surface area contributed by atoms with Gasteiger partial charge in [-0.1, -0.05) is 32.8 Å².